The van der Waals surface area contributed by atoms with Gasteiger partial charge >= 0.3 is 0 Å². The standard InChI is InChI=1S/C16H22N2O2/c19-15-8-4-3-7-13(15)18-16(20)14-10-9-11-5-1-2-6-12(11)17-14/h1-2,5-6,13-15,17,19H,3-4,7-10H2,(H,18,20). The second-order valence-electron chi connectivity index (χ2n) is 5.86. The maximum atomic E-state index is 12.3. The van der Waals surface area contributed by atoms with E-state index in [4.69, 9.17) is 0 Å². The normalized spacial score (nSPS) is 29.1. The highest BCUT2D eigenvalue weighted by Gasteiger charge is 2.29. The van der Waals surface area contributed by atoms with Crippen LogP contribution in [0.4, 0.5) is 5.69 Å². The molecule has 4 nitrogen and oxygen atoms in total. The lowest BCUT2D eigenvalue weighted by Crippen LogP contribution is -2.51. The summed E-state index contributed by atoms with van der Waals surface area (Å²) in [7, 11) is 0. The van der Waals surface area contributed by atoms with Gasteiger partial charge in [-0.2, -0.15) is 0 Å². The lowest BCUT2D eigenvalue weighted by atomic mass is 9.91. The van der Waals surface area contributed by atoms with Gasteiger partial charge in [0.1, 0.15) is 6.04 Å². The molecule has 108 valence electrons. The van der Waals surface area contributed by atoms with Gasteiger partial charge < -0.3 is 15.7 Å². The van der Waals surface area contributed by atoms with Gasteiger partial charge in [0, 0.05) is 5.69 Å². The molecule has 3 N–H and O–H groups in total. The second-order valence-corrected chi connectivity index (χ2v) is 5.86. The maximum absolute atomic E-state index is 12.3. The molecular weight excluding hydrogens is 252 g/mol. The lowest BCUT2D eigenvalue weighted by molar-refractivity contribution is -0.124. The average Bonchev–Trinajstić information content (AvgIpc) is 2.49. The van der Waals surface area contributed by atoms with Crippen molar-refractivity contribution in [2.45, 2.75) is 56.7 Å². The van der Waals surface area contributed by atoms with Crippen LogP contribution in [0, 0.1) is 0 Å². The highest BCUT2D eigenvalue weighted by Crippen LogP contribution is 2.25. The first kappa shape index (κ1) is 13.4. The molecule has 0 saturated heterocycles. The zero-order chi connectivity index (χ0) is 13.9. The van der Waals surface area contributed by atoms with Crippen LogP contribution in [-0.2, 0) is 11.2 Å². The molecule has 0 bridgehead atoms. The van der Waals surface area contributed by atoms with E-state index in [1.165, 1.54) is 5.56 Å². The fraction of sp³-hybridized carbons (Fsp3) is 0.562. The van der Waals surface area contributed by atoms with E-state index in [-0.39, 0.29) is 24.1 Å². The molecule has 0 spiro atoms. The monoisotopic (exact) mass is 274 g/mol. The third-order valence-corrected chi connectivity index (χ3v) is 4.42. The van der Waals surface area contributed by atoms with Gasteiger partial charge in [0.25, 0.3) is 0 Å². The van der Waals surface area contributed by atoms with Crippen LogP contribution in [0.25, 0.3) is 0 Å². The molecule has 20 heavy (non-hydrogen) atoms. The van der Waals surface area contributed by atoms with E-state index < -0.39 is 0 Å². The Morgan fingerprint density at radius 2 is 2.00 bits per heavy atom. The van der Waals surface area contributed by atoms with Gasteiger partial charge in [0.15, 0.2) is 0 Å². The number of carbonyl (C=O) groups excluding carboxylic acids is 1. The summed E-state index contributed by atoms with van der Waals surface area (Å²) in [5.41, 5.74) is 2.33. The number of hydrogen-bond acceptors (Lipinski definition) is 3. The summed E-state index contributed by atoms with van der Waals surface area (Å²) in [4.78, 5) is 12.3. The first-order valence-electron chi connectivity index (χ1n) is 7.57. The predicted molar refractivity (Wildman–Crippen MR) is 78.6 cm³/mol. The van der Waals surface area contributed by atoms with Crippen molar-refractivity contribution < 1.29 is 9.90 Å². The Labute approximate surface area is 119 Å². The van der Waals surface area contributed by atoms with Crippen LogP contribution in [-0.4, -0.2) is 29.2 Å². The maximum Gasteiger partial charge on any atom is 0.242 e. The molecule has 1 fully saturated rings. The number of aliphatic hydroxyl groups excluding tert-OH is 1. The molecule has 1 aliphatic carbocycles. The SMILES string of the molecule is O=C(NC1CCCCC1O)C1CCc2ccccc2N1. The van der Waals surface area contributed by atoms with Crippen LogP contribution >= 0.6 is 0 Å². The Hall–Kier alpha value is -1.55. The van der Waals surface area contributed by atoms with Gasteiger partial charge in [0.05, 0.1) is 12.1 Å². The van der Waals surface area contributed by atoms with Crippen molar-refractivity contribution in [3.05, 3.63) is 29.8 Å². The number of nitrogens with one attached hydrogen (secondary N) is 2. The van der Waals surface area contributed by atoms with Crippen LogP contribution in [0.1, 0.15) is 37.7 Å². The summed E-state index contributed by atoms with van der Waals surface area (Å²) < 4.78 is 0. The quantitative estimate of drug-likeness (QED) is 0.771. The third kappa shape index (κ3) is 2.80. The van der Waals surface area contributed by atoms with E-state index in [0.717, 1.165) is 44.2 Å². The lowest BCUT2D eigenvalue weighted by Gasteiger charge is -2.32. The van der Waals surface area contributed by atoms with Crippen LogP contribution in [0.15, 0.2) is 24.3 Å². The summed E-state index contributed by atoms with van der Waals surface area (Å²) in [6.07, 6.45) is 5.18. The van der Waals surface area contributed by atoms with E-state index >= 15 is 0 Å². The number of carbonyl (C=O) groups is 1. The van der Waals surface area contributed by atoms with Gasteiger partial charge in [-0.05, 0) is 37.3 Å². The van der Waals surface area contributed by atoms with E-state index in [2.05, 4.69) is 16.7 Å². The van der Waals surface area contributed by atoms with Crippen molar-refractivity contribution in [1.82, 2.24) is 5.32 Å². The summed E-state index contributed by atoms with van der Waals surface area (Å²) in [6, 6.07) is 7.87. The largest absolute Gasteiger partial charge is 0.391 e. The van der Waals surface area contributed by atoms with Crippen molar-refractivity contribution in [3.8, 4) is 0 Å². The smallest absolute Gasteiger partial charge is 0.242 e. The van der Waals surface area contributed by atoms with E-state index in [1.807, 2.05) is 18.2 Å². The minimum Gasteiger partial charge on any atom is -0.391 e. The molecule has 1 saturated carbocycles. The molecule has 0 aromatic heterocycles. The number of aryl methyl sites for hydroxylation is 1. The number of para-hydroxylation sites is 1. The Bertz CT molecular complexity index is 489. The minimum absolute atomic E-state index is 0.0189. The van der Waals surface area contributed by atoms with E-state index in [1.54, 1.807) is 0 Å². The third-order valence-electron chi connectivity index (χ3n) is 4.42. The zero-order valence-electron chi connectivity index (χ0n) is 11.6. The van der Waals surface area contributed by atoms with Crippen molar-refractivity contribution in [2.24, 2.45) is 0 Å². The highest BCUT2D eigenvalue weighted by molar-refractivity contribution is 5.85. The van der Waals surface area contributed by atoms with Crippen molar-refractivity contribution in [2.75, 3.05) is 5.32 Å². The zero-order valence-corrected chi connectivity index (χ0v) is 11.6. The van der Waals surface area contributed by atoms with Gasteiger partial charge in [-0.25, -0.2) is 0 Å². The predicted octanol–water partition coefficient (Wildman–Crippen LogP) is 1.83. The van der Waals surface area contributed by atoms with Gasteiger partial charge in [0.2, 0.25) is 5.91 Å². The fourth-order valence-electron chi connectivity index (χ4n) is 3.20. The number of fused-ring (bicyclic) bond motifs is 1. The number of rotatable bonds is 2. The number of hydrogen-bond donors (Lipinski definition) is 3. The first-order chi connectivity index (χ1) is 9.74. The Balaban J connectivity index is 1.61. The highest BCUT2D eigenvalue weighted by atomic mass is 16.3. The second kappa shape index (κ2) is 5.83. The van der Waals surface area contributed by atoms with Crippen LogP contribution in [0.2, 0.25) is 0 Å². The molecule has 0 radical (unpaired) electrons. The molecule has 2 aliphatic rings. The summed E-state index contributed by atoms with van der Waals surface area (Å²) in [5, 5.41) is 16.3. The van der Waals surface area contributed by atoms with Crippen LogP contribution < -0.4 is 10.6 Å². The van der Waals surface area contributed by atoms with Crippen molar-refractivity contribution in [1.29, 1.82) is 0 Å². The molecule has 1 heterocycles. The summed E-state index contributed by atoms with van der Waals surface area (Å²) in [6.45, 7) is 0. The Morgan fingerprint density at radius 3 is 2.85 bits per heavy atom. The average molecular weight is 274 g/mol. The fourth-order valence-corrected chi connectivity index (χ4v) is 3.20. The molecule has 1 aromatic rings. The minimum atomic E-state index is -0.386. The van der Waals surface area contributed by atoms with E-state index in [0.29, 0.717) is 0 Å². The van der Waals surface area contributed by atoms with Crippen LogP contribution in [0.5, 0.6) is 0 Å². The molecule has 3 atom stereocenters. The van der Waals surface area contributed by atoms with Crippen LogP contribution in [0.3, 0.4) is 0 Å². The van der Waals surface area contributed by atoms with E-state index in [9.17, 15) is 9.90 Å². The number of aliphatic hydroxyl groups is 1. The molecule has 1 aliphatic heterocycles. The van der Waals surface area contributed by atoms with Gasteiger partial charge in [-0.1, -0.05) is 31.0 Å². The number of benzene rings is 1. The van der Waals surface area contributed by atoms with Crippen molar-refractivity contribution in [3.63, 3.8) is 0 Å². The van der Waals surface area contributed by atoms with Gasteiger partial charge in [-0.3, -0.25) is 4.79 Å². The van der Waals surface area contributed by atoms with Gasteiger partial charge in [-0.15, -0.1) is 0 Å². The molecular formula is C16H22N2O2. The topological polar surface area (TPSA) is 61.4 Å². The number of anilines is 1. The number of amides is 1. The first-order valence-corrected chi connectivity index (χ1v) is 7.57. The van der Waals surface area contributed by atoms with Crippen molar-refractivity contribution >= 4 is 11.6 Å². The molecule has 4 heteroatoms. The summed E-state index contributed by atoms with van der Waals surface area (Å²) >= 11 is 0. The summed E-state index contributed by atoms with van der Waals surface area (Å²) in [5.74, 6) is 0.0189. The Morgan fingerprint density at radius 1 is 1.20 bits per heavy atom. The Kier molecular flexibility index (Phi) is 3.92. The molecule has 3 rings (SSSR count). The molecule has 1 amide bonds. The molecule has 1 aromatic carbocycles. The molecule has 3 unspecified atom stereocenters.